The average Bonchev–Trinajstić information content (AvgIpc) is 2.38. The SMILES string of the molecule is CC(=O)c1cccc(SCc2ccc(Br)cc2Cl)c1. The molecule has 0 saturated heterocycles. The number of rotatable bonds is 4. The average molecular weight is 356 g/mol. The Bertz CT molecular complexity index is 613. The molecule has 1 nitrogen and oxygen atoms in total. The Morgan fingerprint density at radius 2 is 2.05 bits per heavy atom. The lowest BCUT2D eigenvalue weighted by atomic mass is 10.2. The van der Waals surface area contributed by atoms with Crippen molar-refractivity contribution in [2.45, 2.75) is 17.6 Å². The van der Waals surface area contributed by atoms with E-state index in [0.29, 0.717) is 0 Å². The molecule has 0 aliphatic carbocycles. The highest BCUT2D eigenvalue weighted by Gasteiger charge is 2.04. The monoisotopic (exact) mass is 354 g/mol. The second kappa shape index (κ2) is 6.60. The predicted molar refractivity (Wildman–Crippen MR) is 85.2 cm³/mol. The van der Waals surface area contributed by atoms with Gasteiger partial charge in [0.15, 0.2) is 5.78 Å². The van der Waals surface area contributed by atoms with Crippen molar-refractivity contribution in [1.82, 2.24) is 0 Å². The van der Waals surface area contributed by atoms with E-state index in [0.717, 1.165) is 31.3 Å². The zero-order valence-electron chi connectivity index (χ0n) is 10.3. The fourth-order valence-corrected chi connectivity index (χ4v) is 3.38. The molecule has 0 N–H and O–H groups in total. The van der Waals surface area contributed by atoms with Crippen molar-refractivity contribution in [2.24, 2.45) is 0 Å². The van der Waals surface area contributed by atoms with Crippen molar-refractivity contribution < 1.29 is 4.79 Å². The van der Waals surface area contributed by atoms with Gasteiger partial charge in [0.2, 0.25) is 0 Å². The number of hydrogen-bond donors (Lipinski definition) is 0. The Morgan fingerprint density at radius 1 is 1.26 bits per heavy atom. The van der Waals surface area contributed by atoms with Crippen molar-refractivity contribution >= 4 is 45.1 Å². The number of carbonyl (C=O) groups is 1. The molecule has 2 aromatic rings. The van der Waals surface area contributed by atoms with Crippen molar-refractivity contribution in [3.63, 3.8) is 0 Å². The third-order valence-corrected chi connectivity index (χ3v) is 4.54. The normalized spacial score (nSPS) is 10.5. The molecule has 0 unspecified atom stereocenters. The van der Waals surface area contributed by atoms with Crippen molar-refractivity contribution in [2.75, 3.05) is 0 Å². The Morgan fingerprint density at radius 3 is 2.74 bits per heavy atom. The topological polar surface area (TPSA) is 17.1 Å². The van der Waals surface area contributed by atoms with E-state index >= 15 is 0 Å². The van der Waals surface area contributed by atoms with E-state index in [1.165, 1.54) is 0 Å². The summed E-state index contributed by atoms with van der Waals surface area (Å²) in [5.41, 5.74) is 1.83. The van der Waals surface area contributed by atoms with Crippen LogP contribution in [0.2, 0.25) is 5.02 Å². The lowest BCUT2D eigenvalue weighted by Gasteiger charge is -2.06. The van der Waals surface area contributed by atoms with Gasteiger partial charge in [-0.2, -0.15) is 0 Å². The first-order valence-corrected chi connectivity index (χ1v) is 7.89. The van der Waals surface area contributed by atoms with Crippen molar-refractivity contribution in [3.05, 3.63) is 63.1 Å². The molecule has 19 heavy (non-hydrogen) atoms. The number of halogens is 2. The van der Waals surface area contributed by atoms with Gasteiger partial charge in [-0.15, -0.1) is 11.8 Å². The molecular weight excluding hydrogens is 344 g/mol. The maximum atomic E-state index is 11.3. The summed E-state index contributed by atoms with van der Waals surface area (Å²) in [5.74, 6) is 0.872. The summed E-state index contributed by atoms with van der Waals surface area (Å²) in [6, 6.07) is 13.5. The Labute approximate surface area is 130 Å². The second-order valence-electron chi connectivity index (χ2n) is 4.11. The quantitative estimate of drug-likeness (QED) is 0.524. The molecule has 2 rings (SSSR count). The lowest BCUT2D eigenvalue weighted by molar-refractivity contribution is 0.101. The zero-order chi connectivity index (χ0) is 13.8. The summed E-state index contributed by atoms with van der Waals surface area (Å²) in [4.78, 5) is 12.4. The first-order chi connectivity index (χ1) is 9.06. The van der Waals surface area contributed by atoms with Crippen LogP contribution in [0.25, 0.3) is 0 Å². The Balaban J connectivity index is 2.10. The minimum Gasteiger partial charge on any atom is -0.295 e. The van der Waals surface area contributed by atoms with Crippen LogP contribution in [0.4, 0.5) is 0 Å². The van der Waals surface area contributed by atoms with Gasteiger partial charge in [0, 0.05) is 25.7 Å². The maximum absolute atomic E-state index is 11.3. The van der Waals surface area contributed by atoms with Gasteiger partial charge in [0.1, 0.15) is 0 Å². The van der Waals surface area contributed by atoms with E-state index in [1.54, 1.807) is 18.7 Å². The first kappa shape index (κ1) is 14.6. The van der Waals surface area contributed by atoms with E-state index in [1.807, 2.05) is 42.5 Å². The molecule has 0 aromatic heterocycles. The second-order valence-corrected chi connectivity index (χ2v) is 6.48. The van der Waals surface area contributed by atoms with Crippen LogP contribution >= 0.6 is 39.3 Å². The summed E-state index contributed by atoms with van der Waals surface area (Å²) in [7, 11) is 0. The van der Waals surface area contributed by atoms with Crippen LogP contribution in [0.15, 0.2) is 51.8 Å². The molecule has 0 bridgehead atoms. The van der Waals surface area contributed by atoms with Crippen LogP contribution in [0.3, 0.4) is 0 Å². The summed E-state index contributed by atoms with van der Waals surface area (Å²) < 4.78 is 0.977. The number of carbonyl (C=O) groups excluding carboxylic acids is 1. The van der Waals surface area contributed by atoms with Crippen LogP contribution in [0, 0.1) is 0 Å². The van der Waals surface area contributed by atoms with Gasteiger partial charge in [0.05, 0.1) is 0 Å². The van der Waals surface area contributed by atoms with E-state index in [-0.39, 0.29) is 5.78 Å². The van der Waals surface area contributed by atoms with Crippen LogP contribution < -0.4 is 0 Å². The minimum absolute atomic E-state index is 0.0872. The summed E-state index contributed by atoms with van der Waals surface area (Å²) in [5, 5.41) is 0.754. The molecule has 98 valence electrons. The van der Waals surface area contributed by atoms with E-state index in [2.05, 4.69) is 15.9 Å². The molecule has 0 heterocycles. The van der Waals surface area contributed by atoms with E-state index in [4.69, 9.17) is 11.6 Å². The smallest absolute Gasteiger partial charge is 0.159 e. The molecule has 4 heteroatoms. The molecule has 2 aromatic carbocycles. The van der Waals surface area contributed by atoms with Crippen LogP contribution in [-0.2, 0) is 5.75 Å². The van der Waals surface area contributed by atoms with Crippen LogP contribution in [-0.4, -0.2) is 5.78 Å². The minimum atomic E-state index is 0.0872. The number of Topliss-reactive ketones (excluding diaryl/α,β-unsaturated/α-hetero) is 1. The molecule has 0 atom stereocenters. The van der Waals surface area contributed by atoms with Crippen LogP contribution in [0.5, 0.6) is 0 Å². The van der Waals surface area contributed by atoms with Gasteiger partial charge in [0.25, 0.3) is 0 Å². The molecule has 0 spiro atoms. The highest BCUT2D eigenvalue weighted by Crippen LogP contribution is 2.29. The molecule has 0 fully saturated rings. The van der Waals surface area contributed by atoms with Gasteiger partial charge in [-0.1, -0.05) is 45.7 Å². The molecular formula is C15H12BrClOS. The standard InChI is InChI=1S/C15H12BrClOS/c1-10(18)11-3-2-4-14(7-11)19-9-12-5-6-13(16)8-15(12)17/h2-8H,9H2,1H3. The highest BCUT2D eigenvalue weighted by atomic mass is 79.9. The van der Waals surface area contributed by atoms with E-state index < -0.39 is 0 Å². The third-order valence-electron chi connectivity index (χ3n) is 2.65. The molecule has 0 aliphatic rings. The highest BCUT2D eigenvalue weighted by molar-refractivity contribution is 9.10. The number of ketones is 1. The van der Waals surface area contributed by atoms with Gasteiger partial charge < -0.3 is 0 Å². The van der Waals surface area contributed by atoms with Crippen LogP contribution in [0.1, 0.15) is 22.8 Å². The summed E-state index contributed by atoms with van der Waals surface area (Å²) in [6.45, 7) is 1.58. The van der Waals surface area contributed by atoms with Crippen molar-refractivity contribution in [1.29, 1.82) is 0 Å². The fraction of sp³-hybridized carbons (Fsp3) is 0.133. The fourth-order valence-electron chi connectivity index (χ4n) is 1.60. The zero-order valence-corrected chi connectivity index (χ0v) is 13.5. The maximum Gasteiger partial charge on any atom is 0.159 e. The number of hydrogen-bond acceptors (Lipinski definition) is 2. The van der Waals surface area contributed by atoms with Gasteiger partial charge in [-0.05, 0) is 36.8 Å². The molecule has 0 radical (unpaired) electrons. The van der Waals surface area contributed by atoms with Gasteiger partial charge in [-0.3, -0.25) is 4.79 Å². The summed E-state index contributed by atoms with van der Waals surface area (Å²) >= 11 is 11.2. The number of thioether (sulfide) groups is 1. The third kappa shape index (κ3) is 4.10. The van der Waals surface area contributed by atoms with Crippen molar-refractivity contribution in [3.8, 4) is 0 Å². The lowest BCUT2D eigenvalue weighted by Crippen LogP contribution is -1.91. The summed E-state index contributed by atoms with van der Waals surface area (Å²) in [6.07, 6.45) is 0. The first-order valence-electron chi connectivity index (χ1n) is 5.74. The number of benzene rings is 2. The van der Waals surface area contributed by atoms with Gasteiger partial charge in [-0.25, -0.2) is 0 Å². The molecule has 0 aliphatic heterocycles. The molecule has 0 amide bonds. The Hall–Kier alpha value is -0.770. The largest absolute Gasteiger partial charge is 0.295 e. The molecule has 0 saturated carbocycles. The van der Waals surface area contributed by atoms with E-state index in [9.17, 15) is 4.79 Å². The predicted octanol–water partition coefficient (Wildman–Crippen LogP) is 5.60. The Kier molecular flexibility index (Phi) is 5.08. The van der Waals surface area contributed by atoms with Gasteiger partial charge >= 0.3 is 0 Å².